The minimum atomic E-state index is -0.0875. The molecule has 32 heavy (non-hydrogen) atoms. The van der Waals surface area contributed by atoms with Gasteiger partial charge < -0.3 is 4.90 Å². The van der Waals surface area contributed by atoms with Crippen molar-refractivity contribution in [2.24, 2.45) is 7.05 Å². The molecule has 8 nitrogen and oxygen atoms in total. The molecule has 3 heterocycles. The maximum atomic E-state index is 13.0. The van der Waals surface area contributed by atoms with E-state index >= 15 is 0 Å². The van der Waals surface area contributed by atoms with Crippen LogP contribution in [0.2, 0.25) is 5.02 Å². The molecule has 0 aliphatic carbocycles. The SMILES string of the molecule is Cn1c(=O)c2ccccc2n2c(CN3CCCN(C(=O)c4ccccc4Cl)CC3)nnc12. The highest BCUT2D eigenvalue weighted by Gasteiger charge is 2.23. The monoisotopic (exact) mass is 450 g/mol. The molecule has 5 rings (SSSR count). The summed E-state index contributed by atoms with van der Waals surface area (Å²) < 4.78 is 3.49. The minimum absolute atomic E-state index is 0.0358. The molecule has 164 valence electrons. The summed E-state index contributed by atoms with van der Waals surface area (Å²) in [7, 11) is 1.71. The van der Waals surface area contributed by atoms with Gasteiger partial charge in [0.05, 0.1) is 28.0 Å². The number of aromatic nitrogens is 4. The van der Waals surface area contributed by atoms with Gasteiger partial charge in [0.2, 0.25) is 5.78 Å². The second-order valence-electron chi connectivity index (χ2n) is 8.03. The molecule has 0 atom stereocenters. The number of halogens is 1. The van der Waals surface area contributed by atoms with Crippen molar-refractivity contribution in [2.45, 2.75) is 13.0 Å². The molecule has 0 saturated carbocycles. The largest absolute Gasteiger partial charge is 0.337 e. The number of carbonyl (C=O) groups excluding carboxylic acids is 1. The number of carbonyl (C=O) groups is 1. The molecule has 0 unspecified atom stereocenters. The summed E-state index contributed by atoms with van der Waals surface area (Å²) in [5, 5.41) is 9.79. The lowest BCUT2D eigenvalue weighted by atomic mass is 10.2. The summed E-state index contributed by atoms with van der Waals surface area (Å²) in [6, 6.07) is 14.7. The van der Waals surface area contributed by atoms with Crippen molar-refractivity contribution in [1.82, 2.24) is 29.0 Å². The Kier molecular flexibility index (Phi) is 5.40. The second-order valence-corrected chi connectivity index (χ2v) is 8.44. The number of rotatable bonds is 3. The standard InChI is InChI=1S/C23H23ClN6O2/c1-27-21(31)17-8-3-5-10-19(17)30-20(25-26-23(27)30)15-28-11-6-12-29(14-13-28)22(32)16-7-2-4-9-18(16)24/h2-5,7-10H,6,11-15H2,1H3. The molecule has 1 fully saturated rings. The van der Waals surface area contributed by atoms with Crippen LogP contribution in [0.4, 0.5) is 0 Å². The first kappa shape index (κ1) is 20.7. The van der Waals surface area contributed by atoms with Gasteiger partial charge in [-0.25, -0.2) is 0 Å². The van der Waals surface area contributed by atoms with Gasteiger partial charge >= 0.3 is 0 Å². The van der Waals surface area contributed by atoms with Gasteiger partial charge in [0, 0.05) is 33.2 Å². The fraction of sp³-hybridized carbons (Fsp3) is 0.304. The number of hydrogen-bond acceptors (Lipinski definition) is 5. The lowest BCUT2D eigenvalue weighted by Gasteiger charge is -2.22. The van der Waals surface area contributed by atoms with Crippen LogP contribution < -0.4 is 5.56 Å². The number of fused-ring (bicyclic) bond motifs is 3. The Bertz CT molecular complexity index is 1380. The van der Waals surface area contributed by atoms with Gasteiger partial charge in [0.25, 0.3) is 11.5 Å². The van der Waals surface area contributed by atoms with Crippen LogP contribution in [-0.2, 0) is 13.6 Å². The van der Waals surface area contributed by atoms with Crippen molar-refractivity contribution < 1.29 is 4.79 Å². The summed E-state index contributed by atoms with van der Waals surface area (Å²) >= 11 is 6.23. The van der Waals surface area contributed by atoms with Crippen LogP contribution in [0.1, 0.15) is 22.6 Å². The molecule has 2 aromatic carbocycles. The van der Waals surface area contributed by atoms with E-state index in [1.54, 1.807) is 19.2 Å². The molecular formula is C23H23ClN6O2. The van der Waals surface area contributed by atoms with E-state index in [2.05, 4.69) is 15.1 Å². The van der Waals surface area contributed by atoms with Crippen LogP contribution >= 0.6 is 11.6 Å². The number of para-hydroxylation sites is 1. The van der Waals surface area contributed by atoms with Crippen LogP contribution in [0, 0.1) is 0 Å². The van der Waals surface area contributed by atoms with Crippen molar-refractivity contribution in [3.63, 3.8) is 0 Å². The quantitative estimate of drug-likeness (QED) is 0.479. The predicted molar refractivity (Wildman–Crippen MR) is 123 cm³/mol. The van der Waals surface area contributed by atoms with E-state index in [9.17, 15) is 9.59 Å². The number of nitrogens with zero attached hydrogens (tertiary/aromatic N) is 6. The Labute approximate surface area is 189 Å². The maximum absolute atomic E-state index is 13.0. The Morgan fingerprint density at radius 3 is 2.62 bits per heavy atom. The van der Waals surface area contributed by atoms with Crippen molar-refractivity contribution in [1.29, 1.82) is 0 Å². The minimum Gasteiger partial charge on any atom is -0.337 e. The average Bonchev–Trinajstić information content (AvgIpc) is 3.08. The highest BCUT2D eigenvalue weighted by atomic mass is 35.5. The van der Waals surface area contributed by atoms with Gasteiger partial charge in [-0.1, -0.05) is 35.9 Å². The van der Waals surface area contributed by atoms with Crippen LogP contribution in [0.25, 0.3) is 16.7 Å². The molecule has 1 amide bonds. The van der Waals surface area contributed by atoms with E-state index in [0.717, 1.165) is 30.9 Å². The Balaban J connectivity index is 1.39. The smallest absolute Gasteiger partial charge is 0.262 e. The topological polar surface area (TPSA) is 75.7 Å². The zero-order valence-electron chi connectivity index (χ0n) is 17.7. The first-order valence-corrected chi connectivity index (χ1v) is 11.0. The van der Waals surface area contributed by atoms with Crippen molar-refractivity contribution in [2.75, 3.05) is 26.2 Å². The van der Waals surface area contributed by atoms with E-state index in [0.29, 0.717) is 41.4 Å². The number of hydrogen-bond donors (Lipinski definition) is 0. The predicted octanol–water partition coefficient (Wildman–Crippen LogP) is 2.58. The van der Waals surface area contributed by atoms with Gasteiger partial charge in [-0.05, 0) is 30.7 Å². The van der Waals surface area contributed by atoms with E-state index < -0.39 is 0 Å². The van der Waals surface area contributed by atoms with Crippen molar-refractivity contribution in [3.8, 4) is 0 Å². The average molecular weight is 451 g/mol. The molecule has 9 heteroatoms. The molecule has 4 aromatic rings. The summed E-state index contributed by atoms with van der Waals surface area (Å²) in [6.07, 6.45) is 0.853. The summed E-state index contributed by atoms with van der Waals surface area (Å²) in [6.45, 7) is 3.43. The highest BCUT2D eigenvalue weighted by Crippen LogP contribution is 2.19. The van der Waals surface area contributed by atoms with E-state index in [1.165, 1.54) is 4.57 Å². The third-order valence-electron chi connectivity index (χ3n) is 6.04. The summed E-state index contributed by atoms with van der Waals surface area (Å²) in [5.74, 6) is 1.26. The van der Waals surface area contributed by atoms with Gasteiger partial charge in [-0.3, -0.25) is 23.5 Å². The molecule has 0 N–H and O–H groups in total. The highest BCUT2D eigenvalue weighted by molar-refractivity contribution is 6.33. The van der Waals surface area contributed by atoms with Crippen LogP contribution in [0.15, 0.2) is 53.3 Å². The third kappa shape index (κ3) is 3.55. The van der Waals surface area contributed by atoms with Crippen LogP contribution in [0.5, 0.6) is 0 Å². The molecule has 1 saturated heterocycles. The zero-order chi connectivity index (χ0) is 22.2. The fourth-order valence-corrected chi connectivity index (χ4v) is 4.55. The van der Waals surface area contributed by atoms with E-state index in [1.807, 2.05) is 45.7 Å². The van der Waals surface area contributed by atoms with Crippen LogP contribution in [-0.4, -0.2) is 61.1 Å². The first-order valence-electron chi connectivity index (χ1n) is 10.6. The molecule has 2 aromatic heterocycles. The zero-order valence-corrected chi connectivity index (χ0v) is 18.5. The molecule has 0 radical (unpaired) electrons. The van der Waals surface area contributed by atoms with Crippen molar-refractivity contribution >= 4 is 34.2 Å². The summed E-state index contributed by atoms with van der Waals surface area (Å²) in [4.78, 5) is 29.7. The van der Waals surface area contributed by atoms with E-state index in [4.69, 9.17) is 11.6 Å². The van der Waals surface area contributed by atoms with Gasteiger partial charge in [0.15, 0.2) is 5.82 Å². The summed E-state index contributed by atoms with van der Waals surface area (Å²) in [5.41, 5.74) is 1.25. The van der Waals surface area contributed by atoms with Gasteiger partial charge in [-0.2, -0.15) is 0 Å². The molecule has 0 spiro atoms. The van der Waals surface area contributed by atoms with E-state index in [-0.39, 0.29) is 11.5 Å². The molecule has 1 aliphatic heterocycles. The lowest BCUT2D eigenvalue weighted by molar-refractivity contribution is 0.0761. The van der Waals surface area contributed by atoms with Gasteiger partial charge in [-0.15, -0.1) is 10.2 Å². The number of benzene rings is 2. The number of aryl methyl sites for hydroxylation is 1. The van der Waals surface area contributed by atoms with Gasteiger partial charge in [0.1, 0.15) is 0 Å². The molecule has 1 aliphatic rings. The maximum Gasteiger partial charge on any atom is 0.262 e. The van der Waals surface area contributed by atoms with Crippen LogP contribution in [0.3, 0.4) is 0 Å². The van der Waals surface area contributed by atoms with Crippen molar-refractivity contribution in [3.05, 3.63) is 75.3 Å². The fourth-order valence-electron chi connectivity index (χ4n) is 4.33. The first-order chi connectivity index (χ1) is 15.5. The third-order valence-corrected chi connectivity index (χ3v) is 6.37. The second kappa shape index (κ2) is 8.37. The Hall–Kier alpha value is -3.23. The Morgan fingerprint density at radius 1 is 1.00 bits per heavy atom. The lowest BCUT2D eigenvalue weighted by Crippen LogP contribution is -2.35. The Morgan fingerprint density at radius 2 is 1.78 bits per heavy atom. The normalized spacial score (nSPS) is 15.4. The molecule has 0 bridgehead atoms. The number of amides is 1. The molecular weight excluding hydrogens is 428 g/mol.